The summed E-state index contributed by atoms with van der Waals surface area (Å²) in [4.78, 5) is 16.8. The van der Waals surface area contributed by atoms with E-state index in [4.69, 9.17) is 0 Å². The van der Waals surface area contributed by atoms with Crippen LogP contribution in [0.4, 0.5) is 0 Å². The molecule has 1 unspecified atom stereocenters. The van der Waals surface area contributed by atoms with Crippen molar-refractivity contribution in [1.29, 1.82) is 0 Å². The Morgan fingerprint density at radius 2 is 1.78 bits per heavy atom. The third-order valence-corrected chi connectivity index (χ3v) is 4.48. The predicted octanol–water partition coefficient (Wildman–Crippen LogP) is 1.54. The molecule has 2 aliphatic rings. The number of carbonyl (C=O) groups excluding carboxylic acids is 1. The number of carbonyl (C=O) groups is 1. The first-order valence-corrected chi connectivity index (χ1v) is 8.22. The molecule has 8 heteroatoms. The summed E-state index contributed by atoms with van der Waals surface area (Å²) in [6, 6.07) is 0.414. The molecule has 0 radical (unpaired) electrons. The summed E-state index contributed by atoms with van der Waals surface area (Å²) in [5, 5.41) is 6.42. The van der Waals surface area contributed by atoms with Crippen molar-refractivity contribution < 1.29 is 4.79 Å². The van der Waals surface area contributed by atoms with Crippen molar-refractivity contribution in [3.8, 4) is 0 Å². The van der Waals surface area contributed by atoms with Gasteiger partial charge < -0.3 is 20.4 Å². The van der Waals surface area contributed by atoms with E-state index >= 15 is 0 Å². The summed E-state index contributed by atoms with van der Waals surface area (Å²) >= 11 is 0. The second-order valence-corrected chi connectivity index (χ2v) is 5.98. The number of piperazine rings is 1. The van der Waals surface area contributed by atoms with E-state index in [0.29, 0.717) is 12.5 Å². The van der Waals surface area contributed by atoms with Crippen molar-refractivity contribution in [3.63, 3.8) is 0 Å². The molecule has 0 saturated carbocycles. The van der Waals surface area contributed by atoms with E-state index in [1.807, 2.05) is 0 Å². The van der Waals surface area contributed by atoms with E-state index in [2.05, 4.69) is 27.4 Å². The lowest BCUT2D eigenvalue weighted by molar-refractivity contribution is -0.121. The minimum atomic E-state index is 0. The highest BCUT2D eigenvalue weighted by Gasteiger charge is 2.17. The zero-order valence-corrected chi connectivity index (χ0v) is 16.5. The fourth-order valence-electron chi connectivity index (χ4n) is 3.09. The summed E-state index contributed by atoms with van der Waals surface area (Å²) in [6.07, 6.45) is 4.07. The molecule has 2 N–H and O–H groups in total. The maximum absolute atomic E-state index is 11.8. The van der Waals surface area contributed by atoms with Crippen LogP contribution in [0.2, 0.25) is 0 Å². The summed E-state index contributed by atoms with van der Waals surface area (Å²) in [6.45, 7) is 11.1. The summed E-state index contributed by atoms with van der Waals surface area (Å²) in [5.41, 5.74) is 0. The first-order valence-electron chi connectivity index (χ1n) is 8.22. The highest BCUT2D eigenvalue weighted by Crippen LogP contribution is 2.08. The first kappa shape index (κ1) is 25.5. The average molecular weight is 392 g/mol. The fraction of sp³-hybridized carbons (Fsp3) is 0.933. The molecule has 5 nitrogen and oxygen atoms in total. The van der Waals surface area contributed by atoms with Gasteiger partial charge in [0.2, 0.25) is 5.91 Å². The van der Waals surface area contributed by atoms with E-state index in [1.54, 1.807) is 0 Å². The van der Waals surface area contributed by atoms with E-state index in [9.17, 15) is 4.79 Å². The molecule has 0 spiro atoms. The predicted molar refractivity (Wildman–Crippen MR) is 104 cm³/mol. The lowest BCUT2D eigenvalue weighted by Gasteiger charge is -2.33. The first-order chi connectivity index (χ1) is 9.78. The standard InChI is InChI=1S/C15H30N4O.3ClH/c1-2-18-9-11-19(12-10-18)8-4-7-17-15(20)13-14-5-3-6-16-14;;;/h14,16H,2-13H2,1H3,(H,17,20);3*1H. The Hall–Kier alpha value is 0.220. The Labute approximate surface area is 159 Å². The minimum absolute atomic E-state index is 0. The zero-order valence-electron chi connectivity index (χ0n) is 14.1. The third kappa shape index (κ3) is 9.95. The van der Waals surface area contributed by atoms with Crippen LogP contribution in [0.25, 0.3) is 0 Å². The molecule has 23 heavy (non-hydrogen) atoms. The summed E-state index contributed by atoms with van der Waals surface area (Å²) in [7, 11) is 0. The number of likely N-dealkylation sites (N-methyl/N-ethyl adjacent to an activating group) is 1. The van der Waals surface area contributed by atoms with Gasteiger partial charge in [0.1, 0.15) is 0 Å². The lowest BCUT2D eigenvalue weighted by Crippen LogP contribution is -2.46. The van der Waals surface area contributed by atoms with Crippen LogP contribution in [0.3, 0.4) is 0 Å². The molecule has 0 aromatic heterocycles. The minimum Gasteiger partial charge on any atom is -0.356 e. The lowest BCUT2D eigenvalue weighted by atomic mass is 10.1. The van der Waals surface area contributed by atoms with Crippen LogP contribution >= 0.6 is 37.2 Å². The van der Waals surface area contributed by atoms with Crippen LogP contribution in [-0.2, 0) is 4.79 Å². The molecular weight excluding hydrogens is 359 g/mol. The molecule has 2 rings (SSSR count). The molecule has 0 aromatic rings. The highest BCUT2D eigenvalue weighted by molar-refractivity contribution is 5.86. The Bertz CT molecular complexity index is 296. The fourth-order valence-corrected chi connectivity index (χ4v) is 3.09. The van der Waals surface area contributed by atoms with Gasteiger partial charge in [-0.15, -0.1) is 37.2 Å². The van der Waals surface area contributed by atoms with E-state index in [0.717, 1.165) is 32.5 Å². The topological polar surface area (TPSA) is 47.6 Å². The van der Waals surface area contributed by atoms with Gasteiger partial charge in [0.25, 0.3) is 0 Å². The maximum Gasteiger partial charge on any atom is 0.221 e. The molecule has 1 atom stereocenters. The molecule has 0 bridgehead atoms. The summed E-state index contributed by atoms with van der Waals surface area (Å²) in [5.74, 6) is 0.209. The van der Waals surface area contributed by atoms with Gasteiger partial charge in [0, 0.05) is 45.2 Å². The van der Waals surface area contributed by atoms with E-state index in [-0.39, 0.29) is 43.1 Å². The van der Waals surface area contributed by atoms with Crippen LogP contribution in [0.1, 0.15) is 32.6 Å². The van der Waals surface area contributed by atoms with Gasteiger partial charge in [-0.1, -0.05) is 6.92 Å². The molecule has 0 aliphatic carbocycles. The smallest absolute Gasteiger partial charge is 0.221 e. The quantitative estimate of drug-likeness (QED) is 0.646. The van der Waals surface area contributed by atoms with Crippen LogP contribution in [0.15, 0.2) is 0 Å². The van der Waals surface area contributed by atoms with Crippen molar-refractivity contribution in [3.05, 3.63) is 0 Å². The Morgan fingerprint density at radius 3 is 2.35 bits per heavy atom. The molecule has 2 saturated heterocycles. The van der Waals surface area contributed by atoms with Crippen molar-refractivity contribution in [1.82, 2.24) is 20.4 Å². The van der Waals surface area contributed by atoms with Gasteiger partial charge >= 0.3 is 0 Å². The van der Waals surface area contributed by atoms with Crippen molar-refractivity contribution >= 4 is 43.1 Å². The normalized spacial score (nSPS) is 21.7. The SMILES string of the molecule is CCN1CCN(CCCNC(=O)CC2CCCN2)CC1.Cl.Cl.Cl. The number of hydrogen-bond donors (Lipinski definition) is 2. The molecule has 2 heterocycles. The third-order valence-electron chi connectivity index (χ3n) is 4.48. The van der Waals surface area contributed by atoms with Crippen molar-refractivity contribution in [2.45, 2.75) is 38.6 Å². The number of hydrogen-bond acceptors (Lipinski definition) is 4. The van der Waals surface area contributed by atoms with Crippen molar-refractivity contribution in [2.75, 3.05) is 52.4 Å². The number of rotatable bonds is 7. The average Bonchev–Trinajstić information content (AvgIpc) is 2.97. The van der Waals surface area contributed by atoms with Crippen LogP contribution in [0.5, 0.6) is 0 Å². The van der Waals surface area contributed by atoms with E-state index < -0.39 is 0 Å². The zero-order chi connectivity index (χ0) is 14.2. The molecule has 1 amide bonds. The largest absolute Gasteiger partial charge is 0.356 e. The molecular formula is C15H33Cl3N4O. The van der Waals surface area contributed by atoms with E-state index in [1.165, 1.54) is 39.1 Å². The van der Waals surface area contributed by atoms with Crippen LogP contribution < -0.4 is 10.6 Å². The van der Waals surface area contributed by atoms with Gasteiger partial charge in [-0.3, -0.25) is 4.79 Å². The van der Waals surface area contributed by atoms with Gasteiger partial charge in [-0.25, -0.2) is 0 Å². The van der Waals surface area contributed by atoms with Gasteiger partial charge in [-0.2, -0.15) is 0 Å². The maximum atomic E-state index is 11.8. The molecule has 140 valence electrons. The molecule has 0 aromatic carbocycles. The second-order valence-electron chi connectivity index (χ2n) is 5.98. The number of halogens is 3. The number of amides is 1. The molecule has 2 aliphatic heterocycles. The molecule has 2 fully saturated rings. The van der Waals surface area contributed by atoms with Gasteiger partial charge in [0.15, 0.2) is 0 Å². The number of nitrogens with one attached hydrogen (secondary N) is 2. The van der Waals surface area contributed by atoms with Gasteiger partial charge in [-0.05, 0) is 38.9 Å². The van der Waals surface area contributed by atoms with Gasteiger partial charge in [0.05, 0.1) is 0 Å². The number of nitrogens with zero attached hydrogens (tertiary/aromatic N) is 2. The van der Waals surface area contributed by atoms with Crippen LogP contribution in [-0.4, -0.2) is 74.1 Å². The van der Waals surface area contributed by atoms with Crippen LogP contribution in [0, 0.1) is 0 Å². The monoisotopic (exact) mass is 390 g/mol. The Kier molecular flexibility index (Phi) is 16.1. The Balaban J connectivity index is 0. The highest BCUT2D eigenvalue weighted by atomic mass is 35.5. The Morgan fingerprint density at radius 1 is 1.13 bits per heavy atom. The second kappa shape index (κ2) is 14.6. The summed E-state index contributed by atoms with van der Waals surface area (Å²) < 4.78 is 0. The van der Waals surface area contributed by atoms with Crippen molar-refractivity contribution in [2.24, 2.45) is 0 Å².